The summed E-state index contributed by atoms with van der Waals surface area (Å²) in [5, 5.41) is 1.18. The van der Waals surface area contributed by atoms with Gasteiger partial charge in [0.05, 0.1) is 10.6 Å². The highest BCUT2D eigenvalue weighted by Gasteiger charge is 2.15. The van der Waals surface area contributed by atoms with Gasteiger partial charge >= 0.3 is 0 Å². The highest BCUT2D eigenvalue weighted by molar-refractivity contribution is 7.90. The van der Waals surface area contributed by atoms with E-state index in [1.165, 1.54) is 6.07 Å². The molecule has 1 heterocycles. The third-order valence-corrected chi connectivity index (χ3v) is 4.60. The van der Waals surface area contributed by atoms with Gasteiger partial charge in [0.25, 0.3) is 5.56 Å². The molecule has 0 atom stereocenters. The van der Waals surface area contributed by atoms with Crippen molar-refractivity contribution < 1.29 is 8.42 Å². The molecule has 0 amide bonds. The molecule has 6 heteroatoms. The molecule has 0 aliphatic heterocycles. The third-order valence-electron chi connectivity index (χ3n) is 3.45. The Labute approximate surface area is 129 Å². The SMILES string of the molecule is [B]c1ccc2cc(-c3ccccc3S(C)(=O)=O)[nH]c(=O)c2c1. The molecule has 0 fully saturated rings. The Morgan fingerprint density at radius 2 is 1.77 bits per heavy atom. The first-order valence-electron chi connectivity index (χ1n) is 6.58. The number of rotatable bonds is 2. The van der Waals surface area contributed by atoms with Gasteiger partial charge in [0.15, 0.2) is 9.84 Å². The van der Waals surface area contributed by atoms with E-state index in [1.807, 2.05) is 0 Å². The van der Waals surface area contributed by atoms with Crippen molar-refractivity contribution in [3.8, 4) is 11.3 Å². The number of nitrogens with one attached hydrogen (secondary N) is 1. The zero-order valence-corrected chi connectivity index (χ0v) is 12.6. The van der Waals surface area contributed by atoms with Crippen LogP contribution in [0.2, 0.25) is 0 Å². The fourth-order valence-corrected chi connectivity index (χ4v) is 3.34. The van der Waals surface area contributed by atoms with E-state index in [1.54, 1.807) is 42.5 Å². The van der Waals surface area contributed by atoms with Gasteiger partial charge in [-0.1, -0.05) is 41.9 Å². The maximum Gasteiger partial charge on any atom is 0.256 e. The van der Waals surface area contributed by atoms with Crippen LogP contribution in [0, 0.1) is 0 Å². The van der Waals surface area contributed by atoms with E-state index in [4.69, 9.17) is 7.85 Å². The van der Waals surface area contributed by atoms with Crippen LogP contribution < -0.4 is 11.0 Å². The average Bonchev–Trinajstić information content (AvgIpc) is 2.47. The monoisotopic (exact) mass is 309 g/mol. The van der Waals surface area contributed by atoms with Crippen LogP contribution in [0.3, 0.4) is 0 Å². The molecule has 1 aromatic heterocycles. The lowest BCUT2D eigenvalue weighted by molar-refractivity contribution is 0.602. The van der Waals surface area contributed by atoms with E-state index < -0.39 is 9.84 Å². The Bertz CT molecular complexity index is 1040. The predicted octanol–water partition coefficient (Wildman–Crippen LogP) is 1.39. The summed E-state index contributed by atoms with van der Waals surface area (Å²) in [6, 6.07) is 13.4. The quantitative estimate of drug-likeness (QED) is 0.728. The number of hydrogen-bond donors (Lipinski definition) is 1. The largest absolute Gasteiger partial charge is 0.321 e. The number of H-pyrrole nitrogens is 1. The molecule has 0 saturated heterocycles. The first kappa shape index (κ1) is 14.6. The fourth-order valence-electron chi connectivity index (χ4n) is 2.44. The highest BCUT2D eigenvalue weighted by Crippen LogP contribution is 2.26. The minimum absolute atomic E-state index is 0.181. The van der Waals surface area contributed by atoms with Crippen molar-refractivity contribution in [2.75, 3.05) is 6.26 Å². The molecule has 1 N–H and O–H groups in total. The fraction of sp³-hybridized carbons (Fsp3) is 0.0625. The molecule has 0 spiro atoms. The van der Waals surface area contributed by atoms with E-state index in [0.717, 1.165) is 6.26 Å². The second kappa shape index (κ2) is 5.14. The molecule has 2 aromatic carbocycles. The van der Waals surface area contributed by atoms with Gasteiger partial charge in [0, 0.05) is 17.2 Å². The summed E-state index contributed by atoms with van der Waals surface area (Å²) in [5.41, 5.74) is 1.13. The van der Waals surface area contributed by atoms with Crippen LogP contribution in [0.15, 0.2) is 58.2 Å². The Hall–Kier alpha value is -2.34. The van der Waals surface area contributed by atoms with Gasteiger partial charge < -0.3 is 4.98 Å². The van der Waals surface area contributed by atoms with Gasteiger partial charge in [-0.25, -0.2) is 8.42 Å². The maximum atomic E-state index is 12.2. The minimum Gasteiger partial charge on any atom is -0.321 e. The van der Waals surface area contributed by atoms with Crippen molar-refractivity contribution in [3.05, 3.63) is 58.9 Å². The van der Waals surface area contributed by atoms with E-state index in [-0.39, 0.29) is 10.5 Å². The molecule has 0 unspecified atom stereocenters. The minimum atomic E-state index is -3.40. The molecular weight excluding hydrogens is 297 g/mol. The number of aromatic nitrogens is 1. The van der Waals surface area contributed by atoms with E-state index >= 15 is 0 Å². The molecule has 0 saturated carbocycles. The normalized spacial score (nSPS) is 11.7. The predicted molar refractivity (Wildman–Crippen MR) is 88.5 cm³/mol. The standard InChI is InChI=1S/C16H12BNO3S/c1-22(20,21)15-5-3-2-4-12(15)14-8-10-6-7-11(17)9-13(10)16(19)18-14/h2-9H,1H3,(H,18,19). The van der Waals surface area contributed by atoms with Crippen LogP contribution in [-0.4, -0.2) is 27.5 Å². The highest BCUT2D eigenvalue weighted by atomic mass is 32.2. The van der Waals surface area contributed by atoms with Gasteiger partial charge in [-0.2, -0.15) is 0 Å². The van der Waals surface area contributed by atoms with Crippen LogP contribution in [0.4, 0.5) is 0 Å². The first-order chi connectivity index (χ1) is 10.4. The van der Waals surface area contributed by atoms with Gasteiger partial charge in [0.1, 0.15) is 7.85 Å². The number of sulfone groups is 1. The number of benzene rings is 2. The lowest BCUT2D eigenvalue weighted by Crippen LogP contribution is -2.12. The maximum absolute atomic E-state index is 12.2. The number of aromatic amines is 1. The topological polar surface area (TPSA) is 67.0 Å². The van der Waals surface area contributed by atoms with Gasteiger partial charge in [-0.15, -0.1) is 0 Å². The van der Waals surface area contributed by atoms with Gasteiger partial charge in [0.2, 0.25) is 0 Å². The van der Waals surface area contributed by atoms with Crippen LogP contribution >= 0.6 is 0 Å². The average molecular weight is 309 g/mol. The number of fused-ring (bicyclic) bond motifs is 1. The van der Waals surface area contributed by atoms with Crippen LogP contribution in [0.25, 0.3) is 22.0 Å². The third kappa shape index (κ3) is 2.57. The summed E-state index contributed by atoms with van der Waals surface area (Å²) in [7, 11) is 2.29. The van der Waals surface area contributed by atoms with Crippen LogP contribution in [-0.2, 0) is 9.84 Å². The molecule has 2 radical (unpaired) electrons. The van der Waals surface area contributed by atoms with E-state index in [0.29, 0.717) is 27.5 Å². The summed E-state index contributed by atoms with van der Waals surface area (Å²) >= 11 is 0. The summed E-state index contributed by atoms with van der Waals surface area (Å²) in [6.45, 7) is 0. The zero-order valence-electron chi connectivity index (χ0n) is 11.8. The summed E-state index contributed by atoms with van der Waals surface area (Å²) < 4.78 is 23.8. The molecule has 0 aliphatic carbocycles. The lowest BCUT2D eigenvalue weighted by Gasteiger charge is -2.09. The summed E-state index contributed by atoms with van der Waals surface area (Å²) in [5.74, 6) is 0. The molecule has 0 aliphatic rings. The molecule has 0 bridgehead atoms. The molecular formula is C16H12BNO3S. The van der Waals surface area contributed by atoms with Crippen molar-refractivity contribution in [3.63, 3.8) is 0 Å². The zero-order chi connectivity index (χ0) is 15.9. The molecule has 3 aromatic rings. The van der Waals surface area contributed by atoms with Crippen molar-refractivity contribution in [1.82, 2.24) is 4.98 Å². The molecule has 3 rings (SSSR count). The van der Waals surface area contributed by atoms with Crippen molar-refractivity contribution >= 4 is 33.9 Å². The Morgan fingerprint density at radius 1 is 1.05 bits per heavy atom. The Kier molecular flexibility index (Phi) is 3.41. The van der Waals surface area contributed by atoms with Gasteiger partial charge in [-0.05, 0) is 17.5 Å². The van der Waals surface area contributed by atoms with Gasteiger partial charge in [-0.3, -0.25) is 4.79 Å². The second-order valence-corrected chi connectivity index (χ2v) is 7.11. The van der Waals surface area contributed by atoms with Crippen LogP contribution in [0.5, 0.6) is 0 Å². The molecule has 4 nitrogen and oxygen atoms in total. The number of hydrogen-bond acceptors (Lipinski definition) is 3. The van der Waals surface area contributed by atoms with E-state index in [2.05, 4.69) is 4.98 Å². The number of pyridine rings is 1. The first-order valence-corrected chi connectivity index (χ1v) is 8.47. The molecule has 22 heavy (non-hydrogen) atoms. The van der Waals surface area contributed by atoms with Crippen molar-refractivity contribution in [2.24, 2.45) is 0 Å². The van der Waals surface area contributed by atoms with E-state index in [9.17, 15) is 13.2 Å². The second-order valence-electron chi connectivity index (χ2n) is 5.13. The summed E-state index contributed by atoms with van der Waals surface area (Å²) in [4.78, 5) is 15.1. The summed E-state index contributed by atoms with van der Waals surface area (Å²) in [6.07, 6.45) is 1.14. The lowest BCUT2D eigenvalue weighted by atomic mass is 9.93. The van der Waals surface area contributed by atoms with Crippen LogP contribution in [0.1, 0.15) is 0 Å². The Balaban J connectivity index is 2.33. The smallest absolute Gasteiger partial charge is 0.256 e. The molecule has 108 valence electrons. The Morgan fingerprint density at radius 3 is 2.50 bits per heavy atom. The van der Waals surface area contributed by atoms with Crippen molar-refractivity contribution in [1.29, 1.82) is 0 Å². The van der Waals surface area contributed by atoms with Crippen molar-refractivity contribution in [2.45, 2.75) is 4.90 Å².